The predicted molar refractivity (Wildman–Crippen MR) is 68.2 cm³/mol. The molecule has 1 aromatic carbocycles. The minimum absolute atomic E-state index is 0.169. The highest BCUT2D eigenvalue weighted by atomic mass is 16.4. The van der Waals surface area contributed by atoms with E-state index in [2.05, 4.69) is 0 Å². The maximum Gasteiger partial charge on any atom is 0.323 e. The van der Waals surface area contributed by atoms with Crippen LogP contribution in [0.4, 0.5) is 11.4 Å². The van der Waals surface area contributed by atoms with E-state index in [0.717, 1.165) is 12.8 Å². The lowest BCUT2D eigenvalue weighted by Gasteiger charge is -2.22. The second kappa shape index (κ2) is 5.08. The number of amides is 1. The highest BCUT2D eigenvalue weighted by Gasteiger charge is 2.29. The van der Waals surface area contributed by atoms with Crippen LogP contribution >= 0.6 is 0 Å². The van der Waals surface area contributed by atoms with E-state index in [1.54, 1.807) is 24.3 Å². The number of nitrogen functional groups attached to an aromatic ring is 1. The third-order valence-electron chi connectivity index (χ3n) is 2.98. The molecule has 1 aliphatic rings. The molecule has 1 aromatic rings. The van der Waals surface area contributed by atoms with Crippen molar-refractivity contribution in [2.24, 2.45) is 5.92 Å². The minimum atomic E-state index is -1.04. The van der Waals surface area contributed by atoms with Crippen molar-refractivity contribution in [1.29, 1.82) is 0 Å². The number of hydrogen-bond donors (Lipinski definition) is 2. The van der Waals surface area contributed by atoms with Gasteiger partial charge >= 0.3 is 5.97 Å². The first-order valence-corrected chi connectivity index (χ1v) is 5.94. The summed E-state index contributed by atoms with van der Waals surface area (Å²) < 4.78 is 0. The highest BCUT2D eigenvalue weighted by molar-refractivity contribution is 6.00. The average molecular weight is 248 g/mol. The van der Waals surface area contributed by atoms with Gasteiger partial charge in [-0.2, -0.15) is 0 Å². The highest BCUT2D eigenvalue weighted by Crippen LogP contribution is 2.34. The lowest BCUT2D eigenvalue weighted by atomic mass is 10.2. The topological polar surface area (TPSA) is 83.6 Å². The van der Waals surface area contributed by atoms with Crippen LogP contribution in [0, 0.1) is 5.92 Å². The largest absolute Gasteiger partial charge is 0.480 e. The van der Waals surface area contributed by atoms with E-state index in [0.29, 0.717) is 23.7 Å². The Morgan fingerprint density at radius 3 is 2.56 bits per heavy atom. The molecule has 2 rings (SSSR count). The van der Waals surface area contributed by atoms with Gasteiger partial charge in [-0.15, -0.1) is 0 Å². The van der Waals surface area contributed by atoms with Crippen LogP contribution in [-0.4, -0.2) is 23.5 Å². The van der Waals surface area contributed by atoms with Gasteiger partial charge in [-0.3, -0.25) is 14.5 Å². The molecule has 0 spiro atoms. The Bertz CT molecular complexity index is 469. The normalized spacial score (nSPS) is 14.2. The van der Waals surface area contributed by atoms with Crippen molar-refractivity contribution in [3.8, 4) is 0 Å². The molecule has 0 heterocycles. The summed E-state index contributed by atoms with van der Waals surface area (Å²) in [4.78, 5) is 24.2. The lowest BCUT2D eigenvalue weighted by Crippen LogP contribution is -2.36. The zero-order valence-corrected chi connectivity index (χ0v) is 10.0. The fraction of sp³-hybridized carbons (Fsp3) is 0.385. The van der Waals surface area contributed by atoms with Crippen molar-refractivity contribution in [2.45, 2.75) is 19.3 Å². The van der Waals surface area contributed by atoms with Gasteiger partial charge in [0.2, 0.25) is 5.91 Å². The molecule has 1 amide bonds. The summed E-state index contributed by atoms with van der Waals surface area (Å²) in [5, 5.41) is 8.90. The zero-order valence-electron chi connectivity index (χ0n) is 10.0. The molecule has 0 radical (unpaired) electrons. The number of carboxylic acid groups (broad SMARTS) is 1. The van der Waals surface area contributed by atoms with Crippen LogP contribution in [0.15, 0.2) is 24.3 Å². The van der Waals surface area contributed by atoms with Crippen LogP contribution < -0.4 is 10.6 Å². The van der Waals surface area contributed by atoms with Crippen molar-refractivity contribution in [1.82, 2.24) is 0 Å². The van der Waals surface area contributed by atoms with Gasteiger partial charge in [0, 0.05) is 6.42 Å². The first kappa shape index (κ1) is 12.4. The Hall–Kier alpha value is -2.04. The van der Waals surface area contributed by atoms with Crippen LogP contribution in [0.5, 0.6) is 0 Å². The van der Waals surface area contributed by atoms with Gasteiger partial charge in [0.05, 0.1) is 11.4 Å². The van der Waals surface area contributed by atoms with Crippen LogP contribution in [-0.2, 0) is 9.59 Å². The molecule has 1 saturated carbocycles. The number of carbonyl (C=O) groups is 2. The molecule has 3 N–H and O–H groups in total. The second-order valence-electron chi connectivity index (χ2n) is 4.58. The Morgan fingerprint density at radius 1 is 1.33 bits per heavy atom. The molecule has 18 heavy (non-hydrogen) atoms. The number of carboxylic acids is 1. The van der Waals surface area contributed by atoms with Crippen LogP contribution in [0.3, 0.4) is 0 Å². The van der Waals surface area contributed by atoms with Gasteiger partial charge in [0.15, 0.2) is 0 Å². The summed E-state index contributed by atoms with van der Waals surface area (Å²) in [6, 6.07) is 6.83. The SMILES string of the molecule is Nc1ccccc1N(CC(=O)O)C(=O)CC1CC1. The Kier molecular flexibility index (Phi) is 3.50. The predicted octanol–water partition coefficient (Wildman–Crippen LogP) is 1.49. The molecule has 5 nitrogen and oxygen atoms in total. The standard InChI is InChI=1S/C13H16N2O3/c14-10-3-1-2-4-11(10)15(8-13(17)18)12(16)7-9-5-6-9/h1-4,9H,5-8,14H2,(H,17,18). The summed E-state index contributed by atoms with van der Waals surface area (Å²) in [6.07, 6.45) is 2.51. The fourth-order valence-electron chi connectivity index (χ4n) is 1.86. The number of hydrogen-bond acceptors (Lipinski definition) is 3. The molecule has 0 aliphatic heterocycles. The third kappa shape index (κ3) is 3.00. The maximum absolute atomic E-state index is 12.1. The lowest BCUT2D eigenvalue weighted by molar-refractivity contribution is -0.136. The van der Waals surface area contributed by atoms with Gasteiger partial charge in [0.1, 0.15) is 6.54 Å². The number of carbonyl (C=O) groups excluding carboxylic acids is 1. The number of aliphatic carboxylic acids is 1. The molecule has 0 saturated heterocycles. The van der Waals surface area contributed by atoms with Crippen LogP contribution in [0.2, 0.25) is 0 Å². The molecule has 96 valence electrons. The van der Waals surface area contributed by atoms with Crippen molar-refractivity contribution >= 4 is 23.3 Å². The molecule has 0 atom stereocenters. The Morgan fingerprint density at radius 2 is 2.00 bits per heavy atom. The van der Waals surface area contributed by atoms with E-state index in [4.69, 9.17) is 10.8 Å². The number of rotatable bonds is 5. The number of nitrogens with zero attached hydrogens (tertiary/aromatic N) is 1. The summed E-state index contributed by atoms with van der Waals surface area (Å²) in [5.74, 6) is -0.793. The number of benzene rings is 1. The van der Waals surface area contributed by atoms with E-state index >= 15 is 0 Å². The number of para-hydroxylation sites is 2. The average Bonchev–Trinajstić information content (AvgIpc) is 3.10. The Labute approximate surface area is 105 Å². The molecule has 0 bridgehead atoms. The van der Waals surface area contributed by atoms with Crippen molar-refractivity contribution < 1.29 is 14.7 Å². The molecular weight excluding hydrogens is 232 g/mol. The van der Waals surface area contributed by atoms with Gasteiger partial charge in [-0.1, -0.05) is 12.1 Å². The first-order valence-electron chi connectivity index (χ1n) is 5.94. The molecule has 0 unspecified atom stereocenters. The maximum atomic E-state index is 12.1. The molecule has 0 aromatic heterocycles. The fourth-order valence-corrected chi connectivity index (χ4v) is 1.86. The quantitative estimate of drug-likeness (QED) is 0.773. The summed E-state index contributed by atoms with van der Waals surface area (Å²) in [6.45, 7) is -0.347. The van der Waals surface area contributed by atoms with Gasteiger partial charge in [-0.25, -0.2) is 0 Å². The summed E-state index contributed by atoms with van der Waals surface area (Å²) in [5.41, 5.74) is 6.69. The smallest absolute Gasteiger partial charge is 0.323 e. The molecular formula is C13H16N2O3. The number of nitrogens with two attached hydrogens (primary N) is 1. The van der Waals surface area contributed by atoms with Crippen molar-refractivity contribution in [3.63, 3.8) is 0 Å². The minimum Gasteiger partial charge on any atom is -0.480 e. The second-order valence-corrected chi connectivity index (χ2v) is 4.58. The summed E-state index contributed by atoms with van der Waals surface area (Å²) in [7, 11) is 0. The van der Waals surface area contributed by atoms with Gasteiger partial charge < -0.3 is 10.8 Å². The van der Waals surface area contributed by atoms with Crippen LogP contribution in [0.1, 0.15) is 19.3 Å². The summed E-state index contributed by atoms with van der Waals surface area (Å²) >= 11 is 0. The van der Waals surface area contributed by atoms with Gasteiger partial charge in [0.25, 0.3) is 0 Å². The van der Waals surface area contributed by atoms with Crippen molar-refractivity contribution in [2.75, 3.05) is 17.2 Å². The van der Waals surface area contributed by atoms with E-state index in [1.165, 1.54) is 4.90 Å². The number of anilines is 2. The first-order chi connectivity index (χ1) is 8.58. The van der Waals surface area contributed by atoms with Gasteiger partial charge in [-0.05, 0) is 30.9 Å². The monoisotopic (exact) mass is 248 g/mol. The van der Waals surface area contributed by atoms with E-state index in [1.807, 2.05) is 0 Å². The Balaban J connectivity index is 2.20. The molecule has 1 aliphatic carbocycles. The zero-order chi connectivity index (χ0) is 13.1. The van der Waals surface area contributed by atoms with E-state index in [9.17, 15) is 9.59 Å². The van der Waals surface area contributed by atoms with E-state index in [-0.39, 0.29) is 12.5 Å². The third-order valence-corrected chi connectivity index (χ3v) is 2.98. The van der Waals surface area contributed by atoms with Crippen molar-refractivity contribution in [3.05, 3.63) is 24.3 Å². The molecule has 1 fully saturated rings. The van der Waals surface area contributed by atoms with Crippen LogP contribution in [0.25, 0.3) is 0 Å². The molecule has 5 heteroatoms. The van der Waals surface area contributed by atoms with E-state index < -0.39 is 5.97 Å².